The number of nitrogens with one attached hydrogen (secondary N) is 1. The van der Waals surface area contributed by atoms with E-state index in [1.807, 2.05) is 20.0 Å². The second kappa shape index (κ2) is 6.42. The van der Waals surface area contributed by atoms with Gasteiger partial charge < -0.3 is 10.1 Å². The van der Waals surface area contributed by atoms with Crippen LogP contribution in [0.5, 0.6) is 5.75 Å². The van der Waals surface area contributed by atoms with E-state index in [9.17, 15) is 8.78 Å². The van der Waals surface area contributed by atoms with Crippen molar-refractivity contribution in [3.63, 3.8) is 0 Å². The van der Waals surface area contributed by atoms with Crippen LogP contribution in [0, 0.1) is 0 Å². The normalized spacial score (nSPS) is 12.7. The molecular formula is C13H16F2N4O. The Labute approximate surface area is 115 Å². The number of rotatable bonds is 6. The number of nitrogens with zero attached hydrogens (tertiary/aromatic N) is 3. The van der Waals surface area contributed by atoms with Crippen molar-refractivity contribution in [2.24, 2.45) is 7.05 Å². The maximum Gasteiger partial charge on any atom is 0.387 e. The zero-order chi connectivity index (χ0) is 14.5. The molecule has 5 nitrogen and oxygen atoms in total. The molecule has 20 heavy (non-hydrogen) atoms. The number of aryl methyl sites for hydroxylation is 1. The molecule has 1 heterocycles. The highest BCUT2D eigenvalue weighted by atomic mass is 19.3. The Morgan fingerprint density at radius 3 is 2.85 bits per heavy atom. The zero-order valence-corrected chi connectivity index (χ0v) is 11.3. The Balaban J connectivity index is 1.98. The third-order valence-electron chi connectivity index (χ3n) is 2.95. The van der Waals surface area contributed by atoms with E-state index in [4.69, 9.17) is 0 Å². The molecule has 0 unspecified atom stereocenters. The fourth-order valence-electron chi connectivity index (χ4n) is 1.80. The summed E-state index contributed by atoms with van der Waals surface area (Å²) in [6.07, 6.45) is 1.48. The van der Waals surface area contributed by atoms with Gasteiger partial charge in [-0.2, -0.15) is 13.9 Å². The van der Waals surface area contributed by atoms with Crippen LogP contribution in [0.15, 0.2) is 30.6 Å². The molecule has 1 aromatic carbocycles. The van der Waals surface area contributed by atoms with Crippen LogP contribution < -0.4 is 10.1 Å². The molecule has 0 aliphatic rings. The van der Waals surface area contributed by atoms with Crippen molar-refractivity contribution < 1.29 is 13.5 Å². The van der Waals surface area contributed by atoms with Gasteiger partial charge in [0, 0.05) is 13.1 Å². The van der Waals surface area contributed by atoms with Crippen LogP contribution in [0.3, 0.4) is 0 Å². The summed E-state index contributed by atoms with van der Waals surface area (Å²) < 4.78 is 30.4. The smallest absolute Gasteiger partial charge is 0.387 e. The number of hydrogen-bond acceptors (Lipinski definition) is 4. The topological polar surface area (TPSA) is 52.0 Å². The molecule has 2 rings (SSSR count). The standard InChI is InChI=1S/C13H16F2N4O/c1-9(16-7-12-17-8-18-19(12)2)10-4-3-5-11(6-10)20-13(14)15/h3-6,8-9,13,16H,7H2,1-2H3/t9-/m0/s1. The monoisotopic (exact) mass is 282 g/mol. The molecule has 0 amide bonds. The fraction of sp³-hybridized carbons (Fsp3) is 0.385. The Hall–Kier alpha value is -2.02. The van der Waals surface area contributed by atoms with Gasteiger partial charge in [0.2, 0.25) is 0 Å². The van der Waals surface area contributed by atoms with Gasteiger partial charge in [0.05, 0.1) is 6.54 Å². The van der Waals surface area contributed by atoms with Crippen LogP contribution in [0.4, 0.5) is 8.78 Å². The van der Waals surface area contributed by atoms with Gasteiger partial charge in [-0.05, 0) is 24.6 Å². The van der Waals surface area contributed by atoms with Gasteiger partial charge in [-0.3, -0.25) is 4.68 Å². The first-order chi connectivity index (χ1) is 9.56. The van der Waals surface area contributed by atoms with Gasteiger partial charge in [-0.15, -0.1) is 0 Å². The van der Waals surface area contributed by atoms with Crippen LogP contribution in [0.1, 0.15) is 24.4 Å². The number of aromatic nitrogens is 3. The Bertz CT molecular complexity index is 559. The highest BCUT2D eigenvalue weighted by Crippen LogP contribution is 2.20. The van der Waals surface area contributed by atoms with Crippen molar-refractivity contribution in [2.75, 3.05) is 0 Å². The summed E-state index contributed by atoms with van der Waals surface area (Å²) in [6.45, 7) is -0.331. The number of hydrogen-bond donors (Lipinski definition) is 1. The maximum absolute atomic E-state index is 12.2. The summed E-state index contributed by atoms with van der Waals surface area (Å²) in [5.41, 5.74) is 0.866. The Kier molecular flexibility index (Phi) is 4.62. The number of benzene rings is 1. The first kappa shape index (κ1) is 14.4. The molecule has 1 atom stereocenters. The van der Waals surface area contributed by atoms with E-state index in [2.05, 4.69) is 20.1 Å². The second-order valence-corrected chi connectivity index (χ2v) is 4.35. The second-order valence-electron chi connectivity index (χ2n) is 4.35. The van der Waals surface area contributed by atoms with Gasteiger partial charge in [0.25, 0.3) is 0 Å². The molecule has 0 fully saturated rings. The molecule has 0 aliphatic carbocycles. The third kappa shape index (κ3) is 3.74. The van der Waals surface area contributed by atoms with Crippen molar-refractivity contribution in [3.8, 4) is 5.75 Å². The van der Waals surface area contributed by atoms with Gasteiger partial charge >= 0.3 is 6.61 Å². The predicted octanol–water partition coefficient (Wildman–Crippen LogP) is 2.27. The molecule has 0 saturated carbocycles. The SMILES string of the molecule is C[C@H](NCc1ncnn1C)c1cccc(OC(F)F)c1. The molecule has 2 aromatic rings. The van der Waals surface area contributed by atoms with E-state index >= 15 is 0 Å². The molecule has 1 N–H and O–H groups in total. The van der Waals surface area contributed by atoms with Gasteiger partial charge in [-0.1, -0.05) is 12.1 Å². The summed E-state index contributed by atoms with van der Waals surface area (Å²) in [4.78, 5) is 4.10. The summed E-state index contributed by atoms with van der Waals surface area (Å²) in [5.74, 6) is 0.960. The summed E-state index contributed by atoms with van der Waals surface area (Å²) >= 11 is 0. The summed E-state index contributed by atoms with van der Waals surface area (Å²) in [7, 11) is 1.81. The molecule has 0 aliphatic heterocycles. The van der Waals surface area contributed by atoms with Crippen LogP contribution in [-0.2, 0) is 13.6 Å². The van der Waals surface area contributed by atoms with Gasteiger partial charge in [-0.25, -0.2) is 4.98 Å². The molecule has 1 aromatic heterocycles. The van der Waals surface area contributed by atoms with Crippen molar-refractivity contribution >= 4 is 0 Å². The number of halogens is 2. The largest absolute Gasteiger partial charge is 0.435 e. The molecule has 108 valence electrons. The fourth-order valence-corrected chi connectivity index (χ4v) is 1.80. The van der Waals surface area contributed by atoms with E-state index in [1.54, 1.807) is 16.8 Å². The first-order valence-electron chi connectivity index (χ1n) is 6.17. The van der Waals surface area contributed by atoms with E-state index in [0.717, 1.165) is 11.4 Å². The lowest BCUT2D eigenvalue weighted by atomic mass is 10.1. The molecule has 7 heteroatoms. The van der Waals surface area contributed by atoms with Gasteiger partial charge in [0.15, 0.2) is 0 Å². The lowest BCUT2D eigenvalue weighted by molar-refractivity contribution is -0.0499. The van der Waals surface area contributed by atoms with Crippen molar-refractivity contribution in [1.82, 2.24) is 20.1 Å². The third-order valence-corrected chi connectivity index (χ3v) is 2.95. The quantitative estimate of drug-likeness (QED) is 0.883. The maximum atomic E-state index is 12.2. The average molecular weight is 282 g/mol. The molecular weight excluding hydrogens is 266 g/mol. The van der Waals surface area contributed by atoms with Crippen molar-refractivity contribution in [1.29, 1.82) is 0 Å². The van der Waals surface area contributed by atoms with E-state index in [-0.39, 0.29) is 11.8 Å². The average Bonchev–Trinajstić information content (AvgIpc) is 2.81. The number of ether oxygens (including phenoxy) is 1. The minimum atomic E-state index is -2.81. The Morgan fingerprint density at radius 2 is 2.20 bits per heavy atom. The first-order valence-corrected chi connectivity index (χ1v) is 6.17. The van der Waals surface area contributed by atoms with Crippen LogP contribution in [-0.4, -0.2) is 21.4 Å². The Morgan fingerprint density at radius 1 is 1.40 bits per heavy atom. The summed E-state index contributed by atoms with van der Waals surface area (Å²) in [6, 6.07) is 6.62. The van der Waals surface area contributed by atoms with Crippen molar-refractivity contribution in [3.05, 3.63) is 42.0 Å². The zero-order valence-electron chi connectivity index (χ0n) is 11.3. The minimum absolute atomic E-state index is 0.0204. The van der Waals surface area contributed by atoms with Crippen LogP contribution in [0.25, 0.3) is 0 Å². The number of alkyl halides is 2. The lowest BCUT2D eigenvalue weighted by Gasteiger charge is -2.15. The van der Waals surface area contributed by atoms with Gasteiger partial charge in [0.1, 0.15) is 17.9 Å². The van der Waals surface area contributed by atoms with E-state index in [1.165, 1.54) is 12.4 Å². The molecule has 0 saturated heterocycles. The van der Waals surface area contributed by atoms with Crippen LogP contribution >= 0.6 is 0 Å². The summed E-state index contributed by atoms with van der Waals surface area (Å²) in [5, 5.41) is 7.23. The molecule has 0 spiro atoms. The van der Waals surface area contributed by atoms with Crippen molar-refractivity contribution in [2.45, 2.75) is 26.1 Å². The van der Waals surface area contributed by atoms with Crippen LogP contribution in [0.2, 0.25) is 0 Å². The minimum Gasteiger partial charge on any atom is -0.435 e. The highest BCUT2D eigenvalue weighted by molar-refractivity contribution is 5.30. The molecule has 0 radical (unpaired) electrons. The molecule has 0 bridgehead atoms. The predicted molar refractivity (Wildman–Crippen MR) is 69.3 cm³/mol. The lowest BCUT2D eigenvalue weighted by Crippen LogP contribution is -2.20. The highest BCUT2D eigenvalue weighted by Gasteiger charge is 2.10. The van der Waals surface area contributed by atoms with E-state index < -0.39 is 6.61 Å². The van der Waals surface area contributed by atoms with E-state index in [0.29, 0.717) is 6.54 Å².